The topological polar surface area (TPSA) is 62.9 Å². The standard InChI is InChI=1S/C16H14N2O2/c1-12-7-8-18(16(20)15(12)10-17)11-14(19)9-13-5-3-2-4-6-13/h2-8H,9,11H2,1H3. The summed E-state index contributed by atoms with van der Waals surface area (Å²) >= 11 is 0. The lowest BCUT2D eigenvalue weighted by Crippen LogP contribution is -2.27. The third kappa shape index (κ3) is 3.01. The first-order chi connectivity index (χ1) is 9.61. The summed E-state index contributed by atoms with van der Waals surface area (Å²) in [6.45, 7) is 1.69. The number of nitriles is 1. The SMILES string of the molecule is Cc1ccn(CC(=O)Cc2ccccc2)c(=O)c1C#N. The number of nitrogens with zero attached hydrogens (tertiary/aromatic N) is 2. The number of rotatable bonds is 4. The van der Waals surface area contributed by atoms with Gasteiger partial charge < -0.3 is 4.57 Å². The molecule has 0 N–H and O–H groups in total. The van der Waals surface area contributed by atoms with E-state index < -0.39 is 5.56 Å². The van der Waals surface area contributed by atoms with Crippen molar-refractivity contribution in [1.82, 2.24) is 4.57 Å². The Morgan fingerprint density at radius 1 is 1.25 bits per heavy atom. The highest BCUT2D eigenvalue weighted by Gasteiger charge is 2.10. The molecule has 4 nitrogen and oxygen atoms in total. The van der Waals surface area contributed by atoms with Gasteiger partial charge in [0, 0.05) is 12.6 Å². The van der Waals surface area contributed by atoms with Crippen LogP contribution in [0.25, 0.3) is 0 Å². The number of carbonyl (C=O) groups excluding carboxylic acids is 1. The van der Waals surface area contributed by atoms with E-state index in [2.05, 4.69) is 0 Å². The summed E-state index contributed by atoms with van der Waals surface area (Å²) in [6, 6.07) is 12.9. The van der Waals surface area contributed by atoms with Gasteiger partial charge in [-0.2, -0.15) is 5.26 Å². The molecule has 0 aliphatic carbocycles. The second-order valence-corrected chi connectivity index (χ2v) is 4.62. The van der Waals surface area contributed by atoms with Crippen molar-refractivity contribution in [1.29, 1.82) is 5.26 Å². The van der Waals surface area contributed by atoms with Crippen LogP contribution in [0, 0.1) is 18.3 Å². The fourth-order valence-electron chi connectivity index (χ4n) is 2.00. The Morgan fingerprint density at radius 2 is 1.95 bits per heavy atom. The highest BCUT2D eigenvalue weighted by atomic mass is 16.1. The molecule has 0 amide bonds. The number of pyridine rings is 1. The van der Waals surface area contributed by atoms with Gasteiger partial charge in [0.25, 0.3) is 5.56 Å². The Labute approximate surface area is 116 Å². The number of carbonyl (C=O) groups is 1. The maximum absolute atomic E-state index is 12.0. The van der Waals surface area contributed by atoms with Crippen LogP contribution in [-0.4, -0.2) is 10.4 Å². The van der Waals surface area contributed by atoms with E-state index in [1.807, 2.05) is 36.4 Å². The third-order valence-electron chi connectivity index (χ3n) is 3.08. The highest BCUT2D eigenvalue weighted by molar-refractivity contribution is 5.80. The number of benzene rings is 1. The lowest BCUT2D eigenvalue weighted by atomic mass is 10.1. The molecule has 20 heavy (non-hydrogen) atoms. The van der Waals surface area contributed by atoms with Crippen LogP contribution in [0.4, 0.5) is 0 Å². The Bertz CT molecular complexity index is 724. The van der Waals surface area contributed by atoms with Gasteiger partial charge in [0.1, 0.15) is 11.6 Å². The van der Waals surface area contributed by atoms with Crippen molar-refractivity contribution in [3.8, 4) is 6.07 Å². The number of aryl methyl sites for hydroxylation is 1. The molecule has 0 aliphatic rings. The Balaban J connectivity index is 2.17. The second-order valence-electron chi connectivity index (χ2n) is 4.62. The van der Waals surface area contributed by atoms with Crippen LogP contribution in [0.15, 0.2) is 47.4 Å². The van der Waals surface area contributed by atoms with E-state index in [1.165, 1.54) is 4.57 Å². The molecule has 0 saturated heterocycles. The van der Waals surface area contributed by atoms with E-state index in [0.717, 1.165) is 5.56 Å². The maximum Gasteiger partial charge on any atom is 0.269 e. The van der Waals surface area contributed by atoms with Crippen LogP contribution in [-0.2, 0) is 17.8 Å². The highest BCUT2D eigenvalue weighted by Crippen LogP contribution is 2.03. The third-order valence-corrected chi connectivity index (χ3v) is 3.08. The average molecular weight is 266 g/mol. The first-order valence-electron chi connectivity index (χ1n) is 6.27. The van der Waals surface area contributed by atoms with Gasteiger partial charge in [-0.3, -0.25) is 9.59 Å². The first-order valence-corrected chi connectivity index (χ1v) is 6.27. The van der Waals surface area contributed by atoms with Crippen molar-refractivity contribution >= 4 is 5.78 Å². The number of aromatic nitrogens is 1. The summed E-state index contributed by atoms with van der Waals surface area (Å²) in [5.74, 6) is -0.0638. The summed E-state index contributed by atoms with van der Waals surface area (Å²) in [7, 11) is 0. The van der Waals surface area contributed by atoms with Crippen molar-refractivity contribution in [2.24, 2.45) is 0 Å². The molecule has 0 atom stereocenters. The van der Waals surface area contributed by atoms with Crippen LogP contribution in [0.3, 0.4) is 0 Å². The quantitative estimate of drug-likeness (QED) is 0.848. The Morgan fingerprint density at radius 3 is 2.60 bits per heavy atom. The van der Waals surface area contributed by atoms with Crippen LogP contribution < -0.4 is 5.56 Å². The summed E-state index contributed by atoms with van der Waals surface area (Å²) < 4.78 is 1.29. The molecule has 1 aromatic heterocycles. The zero-order valence-electron chi connectivity index (χ0n) is 11.2. The molecule has 0 aliphatic heterocycles. The van der Waals surface area contributed by atoms with Crippen molar-refractivity contribution in [3.63, 3.8) is 0 Å². The van der Waals surface area contributed by atoms with E-state index in [9.17, 15) is 9.59 Å². The van der Waals surface area contributed by atoms with Crippen molar-refractivity contribution < 1.29 is 4.79 Å². The monoisotopic (exact) mass is 266 g/mol. The summed E-state index contributed by atoms with van der Waals surface area (Å²) in [5, 5.41) is 8.94. The second kappa shape index (κ2) is 5.98. The molecule has 1 heterocycles. The number of hydrogen-bond donors (Lipinski definition) is 0. The Hall–Kier alpha value is -2.67. The van der Waals surface area contributed by atoms with E-state index in [4.69, 9.17) is 5.26 Å². The Kier molecular flexibility index (Phi) is 4.11. The van der Waals surface area contributed by atoms with E-state index >= 15 is 0 Å². The van der Waals surface area contributed by atoms with Gasteiger partial charge in [-0.25, -0.2) is 0 Å². The first kappa shape index (κ1) is 13.8. The van der Waals surface area contributed by atoms with E-state index in [0.29, 0.717) is 5.56 Å². The summed E-state index contributed by atoms with van der Waals surface area (Å²) in [6.07, 6.45) is 1.84. The molecule has 0 bridgehead atoms. The predicted octanol–water partition coefficient (Wildman–Crippen LogP) is 1.84. The van der Waals surface area contributed by atoms with Crippen LogP contribution in [0.2, 0.25) is 0 Å². The normalized spacial score (nSPS) is 10.0. The molecular formula is C16H14N2O2. The molecule has 0 unspecified atom stereocenters. The molecule has 4 heteroatoms. The number of Topliss-reactive ketones (excluding diaryl/α,β-unsaturated/α-hetero) is 1. The summed E-state index contributed by atoms with van der Waals surface area (Å²) in [4.78, 5) is 24.0. The minimum absolute atomic E-state index is 0.0112. The molecule has 0 saturated carbocycles. The zero-order chi connectivity index (χ0) is 14.5. The zero-order valence-corrected chi connectivity index (χ0v) is 11.2. The van der Waals surface area contributed by atoms with Crippen LogP contribution >= 0.6 is 0 Å². The maximum atomic E-state index is 12.0. The van der Waals surface area contributed by atoms with Gasteiger partial charge in [-0.15, -0.1) is 0 Å². The fraction of sp³-hybridized carbons (Fsp3) is 0.188. The molecule has 0 spiro atoms. The molecule has 2 rings (SSSR count). The van der Waals surface area contributed by atoms with Gasteiger partial charge in [-0.05, 0) is 24.1 Å². The van der Waals surface area contributed by atoms with Crippen molar-refractivity contribution in [2.45, 2.75) is 19.9 Å². The lowest BCUT2D eigenvalue weighted by molar-refractivity contribution is -0.119. The van der Waals surface area contributed by atoms with Gasteiger partial charge in [0.15, 0.2) is 5.78 Å². The molecule has 1 aromatic carbocycles. The van der Waals surface area contributed by atoms with Gasteiger partial charge in [-0.1, -0.05) is 30.3 Å². The van der Waals surface area contributed by atoms with Crippen LogP contribution in [0.1, 0.15) is 16.7 Å². The minimum atomic E-state index is -0.408. The number of hydrogen-bond acceptors (Lipinski definition) is 3. The van der Waals surface area contributed by atoms with Gasteiger partial charge in [0.2, 0.25) is 0 Å². The smallest absolute Gasteiger partial charge is 0.269 e. The molecule has 0 radical (unpaired) electrons. The molecule has 100 valence electrons. The van der Waals surface area contributed by atoms with Crippen LogP contribution in [0.5, 0.6) is 0 Å². The molecule has 0 fully saturated rings. The summed E-state index contributed by atoms with van der Waals surface area (Å²) in [5.41, 5.74) is 1.23. The number of ketones is 1. The lowest BCUT2D eigenvalue weighted by Gasteiger charge is -2.06. The predicted molar refractivity (Wildman–Crippen MR) is 75.3 cm³/mol. The fourth-order valence-corrected chi connectivity index (χ4v) is 2.00. The van der Waals surface area contributed by atoms with Crippen molar-refractivity contribution in [2.75, 3.05) is 0 Å². The molecule has 2 aromatic rings. The van der Waals surface area contributed by atoms with Gasteiger partial charge >= 0.3 is 0 Å². The van der Waals surface area contributed by atoms with E-state index in [-0.39, 0.29) is 24.3 Å². The minimum Gasteiger partial charge on any atom is -0.307 e. The van der Waals surface area contributed by atoms with Gasteiger partial charge in [0.05, 0.1) is 6.54 Å². The van der Waals surface area contributed by atoms with E-state index in [1.54, 1.807) is 19.2 Å². The molecular weight excluding hydrogens is 252 g/mol. The largest absolute Gasteiger partial charge is 0.307 e. The average Bonchev–Trinajstić information content (AvgIpc) is 2.44. The van der Waals surface area contributed by atoms with Crippen molar-refractivity contribution in [3.05, 3.63) is 69.6 Å².